The van der Waals surface area contributed by atoms with E-state index in [1.54, 1.807) is 0 Å². The van der Waals surface area contributed by atoms with E-state index in [1.807, 2.05) is 13.8 Å². The van der Waals surface area contributed by atoms with E-state index < -0.39 is 0 Å². The maximum absolute atomic E-state index is 2.36. The monoisotopic (exact) mass is 278 g/mol. The van der Waals surface area contributed by atoms with Crippen LogP contribution in [-0.4, -0.2) is 11.0 Å². The molecule has 0 spiro atoms. The molecule has 0 saturated heterocycles. The zero-order chi connectivity index (χ0) is 13.5. The minimum Gasteiger partial charge on any atom is -0.412 e. The highest BCUT2D eigenvalue weighted by atomic mass is 16.0. The van der Waals surface area contributed by atoms with Crippen molar-refractivity contribution in [2.24, 2.45) is 11.8 Å². The van der Waals surface area contributed by atoms with Gasteiger partial charge in [0.15, 0.2) is 0 Å². The Morgan fingerprint density at radius 3 is 1.68 bits per heavy atom. The molecule has 4 N–H and O–H groups in total. The summed E-state index contributed by atoms with van der Waals surface area (Å²) in [7, 11) is 0. The minimum absolute atomic E-state index is 0. The van der Waals surface area contributed by atoms with E-state index >= 15 is 0 Å². The number of hydrogen-bond acceptors (Lipinski definition) is 0. The Labute approximate surface area is 123 Å². The van der Waals surface area contributed by atoms with Crippen molar-refractivity contribution in [1.29, 1.82) is 0 Å². The van der Waals surface area contributed by atoms with Gasteiger partial charge in [0, 0.05) is 0 Å². The minimum atomic E-state index is 0. The van der Waals surface area contributed by atoms with E-state index in [0.717, 1.165) is 11.8 Å². The molecule has 1 rings (SSSR count). The molecule has 1 unspecified atom stereocenters. The lowest BCUT2D eigenvalue weighted by Gasteiger charge is -2.15. The van der Waals surface area contributed by atoms with Crippen LogP contribution in [0.1, 0.15) is 99.3 Å². The van der Waals surface area contributed by atoms with Crippen LogP contribution < -0.4 is 0 Å². The van der Waals surface area contributed by atoms with Crippen LogP contribution in [0.4, 0.5) is 0 Å². The van der Waals surface area contributed by atoms with Crippen LogP contribution in [0, 0.1) is 11.8 Å². The van der Waals surface area contributed by atoms with Crippen LogP contribution in [0.2, 0.25) is 0 Å². The smallest absolute Gasteiger partial charge is 0.0443 e. The van der Waals surface area contributed by atoms with Crippen molar-refractivity contribution in [2.75, 3.05) is 0 Å². The molecule has 2 nitrogen and oxygen atoms in total. The molecule has 1 fully saturated rings. The summed E-state index contributed by atoms with van der Waals surface area (Å²) in [5.74, 6) is 1.99. The molecular weight excluding hydrogens is 236 g/mol. The third-order valence-electron chi connectivity index (χ3n) is 3.64. The van der Waals surface area contributed by atoms with Crippen LogP contribution in [0.5, 0.6) is 0 Å². The van der Waals surface area contributed by atoms with Gasteiger partial charge in [0.2, 0.25) is 0 Å². The van der Waals surface area contributed by atoms with Gasteiger partial charge in [-0.25, -0.2) is 0 Å². The molecule has 0 aromatic carbocycles. The fraction of sp³-hybridized carbons (Fsp3) is 1.00. The first-order valence-corrected chi connectivity index (χ1v) is 8.20. The molecule has 0 aliphatic heterocycles. The largest absolute Gasteiger partial charge is 0.412 e. The Hall–Kier alpha value is -0.0800. The van der Waals surface area contributed by atoms with E-state index in [0.29, 0.717) is 0 Å². The van der Waals surface area contributed by atoms with Crippen molar-refractivity contribution in [2.45, 2.75) is 99.3 Å². The predicted octanol–water partition coefficient (Wildman–Crippen LogP) is 5.19. The fourth-order valence-corrected chi connectivity index (χ4v) is 2.06. The van der Waals surface area contributed by atoms with Gasteiger partial charge in [-0.3, -0.25) is 0 Å². The molecule has 0 aromatic heterocycles. The Balaban J connectivity index is -0.0000000959. The van der Waals surface area contributed by atoms with Crippen molar-refractivity contribution in [1.82, 2.24) is 0 Å². The average Bonchev–Trinajstić information content (AvgIpc) is 2.40. The standard InChI is InChI=1S/C8H18.C7H14.C2H6.2H2O/c1-4-6-7-8(3)5-2;1-7-5-3-2-4-6-7;1-2;;/h8H,4-7H2,1-3H3;7H,2-6H2,1H3;1-2H3;2*1H2. The Morgan fingerprint density at radius 1 is 0.947 bits per heavy atom. The summed E-state index contributed by atoms with van der Waals surface area (Å²) < 4.78 is 0. The summed E-state index contributed by atoms with van der Waals surface area (Å²) >= 11 is 0. The van der Waals surface area contributed by atoms with Crippen molar-refractivity contribution >= 4 is 0 Å². The Morgan fingerprint density at radius 2 is 1.42 bits per heavy atom. The first-order chi connectivity index (χ1) is 8.20. The number of rotatable bonds is 4. The molecule has 1 aliphatic carbocycles. The molecule has 0 heterocycles. The zero-order valence-corrected chi connectivity index (χ0v) is 14.5. The van der Waals surface area contributed by atoms with E-state index in [1.165, 1.54) is 57.8 Å². The molecule has 1 atom stereocenters. The topological polar surface area (TPSA) is 63.0 Å². The van der Waals surface area contributed by atoms with Gasteiger partial charge >= 0.3 is 0 Å². The molecule has 1 saturated carbocycles. The molecule has 122 valence electrons. The number of hydrogen-bond donors (Lipinski definition) is 0. The quantitative estimate of drug-likeness (QED) is 0.679. The van der Waals surface area contributed by atoms with Crippen LogP contribution >= 0.6 is 0 Å². The second-order valence-electron chi connectivity index (χ2n) is 5.40. The van der Waals surface area contributed by atoms with Gasteiger partial charge in [-0.15, -0.1) is 0 Å². The highest BCUT2D eigenvalue weighted by molar-refractivity contribution is 4.59. The highest BCUT2D eigenvalue weighted by Gasteiger charge is 2.05. The van der Waals surface area contributed by atoms with Gasteiger partial charge in [0.25, 0.3) is 0 Å². The molecule has 2 heteroatoms. The lowest BCUT2D eigenvalue weighted by molar-refractivity contribution is 0.385. The van der Waals surface area contributed by atoms with Gasteiger partial charge in [0.1, 0.15) is 0 Å². The van der Waals surface area contributed by atoms with Crippen LogP contribution in [0.15, 0.2) is 0 Å². The van der Waals surface area contributed by atoms with Gasteiger partial charge in [-0.2, -0.15) is 0 Å². The van der Waals surface area contributed by atoms with Gasteiger partial charge in [-0.05, 0) is 11.8 Å². The van der Waals surface area contributed by atoms with Crippen molar-refractivity contribution in [3.63, 3.8) is 0 Å². The highest BCUT2D eigenvalue weighted by Crippen LogP contribution is 2.22. The zero-order valence-electron chi connectivity index (χ0n) is 14.5. The van der Waals surface area contributed by atoms with Crippen LogP contribution in [0.25, 0.3) is 0 Å². The third kappa shape index (κ3) is 23.4. The lowest BCUT2D eigenvalue weighted by atomic mass is 9.91. The van der Waals surface area contributed by atoms with Gasteiger partial charge in [-0.1, -0.05) is 99.3 Å². The first kappa shape index (κ1) is 27.3. The maximum atomic E-state index is 2.36. The van der Waals surface area contributed by atoms with Crippen molar-refractivity contribution in [3.05, 3.63) is 0 Å². The summed E-state index contributed by atoms with van der Waals surface area (Å²) in [6.45, 7) is 13.2. The van der Waals surface area contributed by atoms with Gasteiger partial charge in [0.05, 0.1) is 0 Å². The van der Waals surface area contributed by atoms with E-state index in [2.05, 4.69) is 27.7 Å². The maximum Gasteiger partial charge on any atom is -0.0443 e. The van der Waals surface area contributed by atoms with Gasteiger partial charge < -0.3 is 11.0 Å². The van der Waals surface area contributed by atoms with E-state index in [4.69, 9.17) is 0 Å². The van der Waals surface area contributed by atoms with Crippen LogP contribution in [0.3, 0.4) is 0 Å². The SMILES string of the molecule is CC.CC1CCCCC1.CCCCC(C)CC.O.O. The van der Waals surface area contributed by atoms with Crippen molar-refractivity contribution in [3.8, 4) is 0 Å². The summed E-state index contributed by atoms with van der Waals surface area (Å²) in [5.41, 5.74) is 0. The molecule has 19 heavy (non-hydrogen) atoms. The summed E-state index contributed by atoms with van der Waals surface area (Å²) in [6, 6.07) is 0. The van der Waals surface area contributed by atoms with E-state index in [-0.39, 0.29) is 11.0 Å². The molecule has 0 bridgehead atoms. The van der Waals surface area contributed by atoms with E-state index in [9.17, 15) is 0 Å². The van der Waals surface area contributed by atoms with Crippen molar-refractivity contribution < 1.29 is 11.0 Å². The van der Waals surface area contributed by atoms with Crippen LogP contribution in [-0.2, 0) is 0 Å². The average molecular weight is 279 g/mol. The second kappa shape index (κ2) is 23.0. The predicted molar refractivity (Wildman–Crippen MR) is 89.8 cm³/mol. The Kier molecular flexibility index (Phi) is 33.1. The first-order valence-electron chi connectivity index (χ1n) is 8.20. The summed E-state index contributed by atoms with van der Waals surface area (Å²) in [4.78, 5) is 0. The summed E-state index contributed by atoms with van der Waals surface area (Å²) in [5, 5.41) is 0. The number of unbranched alkanes of at least 4 members (excludes halogenated alkanes) is 1. The Bertz CT molecular complexity index is 120. The molecule has 0 radical (unpaired) electrons. The molecule has 1 aliphatic rings. The third-order valence-corrected chi connectivity index (χ3v) is 3.64. The lowest BCUT2D eigenvalue weighted by Crippen LogP contribution is -1.99. The molecular formula is C17H42O2. The molecule has 0 aromatic rings. The normalized spacial score (nSPS) is 15.5. The summed E-state index contributed by atoms with van der Waals surface area (Å²) in [6.07, 6.45) is 13.0. The molecule has 0 amide bonds. The fourth-order valence-electron chi connectivity index (χ4n) is 2.06. The second-order valence-corrected chi connectivity index (χ2v) is 5.40.